The summed E-state index contributed by atoms with van der Waals surface area (Å²) in [7, 11) is 1.77. The molecule has 2 aromatic rings. The molecule has 0 aliphatic rings. The van der Waals surface area contributed by atoms with Crippen LogP contribution < -0.4 is 10.6 Å². The minimum Gasteiger partial charge on any atom is -0.386 e. The summed E-state index contributed by atoms with van der Waals surface area (Å²) in [4.78, 5) is 17.1. The molecule has 2 aromatic heterocycles. The average molecular weight is 326 g/mol. The van der Waals surface area contributed by atoms with Gasteiger partial charge in [-0.3, -0.25) is 9.78 Å². The summed E-state index contributed by atoms with van der Waals surface area (Å²) in [6, 6.07) is 3.67. The molecule has 0 bridgehead atoms. The van der Waals surface area contributed by atoms with Gasteiger partial charge in [0.05, 0.1) is 24.0 Å². The highest BCUT2D eigenvalue weighted by molar-refractivity contribution is 9.10. The fraction of sp³-hybridized carbons (Fsp3) is 0.167. The molecule has 2 rings (SSSR count). The van der Waals surface area contributed by atoms with Crippen LogP contribution in [0, 0.1) is 0 Å². The van der Waals surface area contributed by atoms with E-state index in [-0.39, 0.29) is 5.91 Å². The standard InChI is InChI=1S/C12H12BrN3OS/c1-14-10-6-15-4-2-8(10)12(17)16-7-11-9(13)3-5-18-11/h2-6,14H,7H2,1H3,(H,16,17). The van der Waals surface area contributed by atoms with E-state index in [0.717, 1.165) is 15.0 Å². The van der Waals surface area contributed by atoms with Crippen LogP contribution in [0.15, 0.2) is 34.4 Å². The summed E-state index contributed by atoms with van der Waals surface area (Å²) < 4.78 is 1.02. The second kappa shape index (κ2) is 5.97. The molecule has 4 nitrogen and oxygen atoms in total. The Labute approximate surface area is 118 Å². The zero-order chi connectivity index (χ0) is 13.0. The van der Waals surface area contributed by atoms with E-state index < -0.39 is 0 Å². The van der Waals surface area contributed by atoms with Crippen LogP contribution in [0.1, 0.15) is 15.2 Å². The number of thiophene rings is 1. The van der Waals surface area contributed by atoms with Crippen LogP contribution in [0.3, 0.4) is 0 Å². The third-order valence-corrected chi connectivity index (χ3v) is 4.36. The van der Waals surface area contributed by atoms with Gasteiger partial charge in [-0.25, -0.2) is 0 Å². The monoisotopic (exact) mass is 325 g/mol. The van der Waals surface area contributed by atoms with Crippen LogP contribution in [0.25, 0.3) is 0 Å². The second-order valence-electron chi connectivity index (χ2n) is 3.55. The van der Waals surface area contributed by atoms with Crippen molar-refractivity contribution in [2.75, 3.05) is 12.4 Å². The van der Waals surface area contributed by atoms with Gasteiger partial charge in [-0.1, -0.05) is 0 Å². The van der Waals surface area contributed by atoms with Crippen molar-refractivity contribution < 1.29 is 4.79 Å². The smallest absolute Gasteiger partial charge is 0.253 e. The molecule has 1 amide bonds. The van der Waals surface area contributed by atoms with Gasteiger partial charge < -0.3 is 10.6 Å². The van der Waals surface area contributed by atoms with E-state index in [0.29, 0.717) is 12.1 Å². The Hall–Kier alpha value is -1.40. The molecule has 0 radical (unpaired) electrons. The third kappa shape index (κ3) is 2.88. The van der Waals surface area contributed by atoms with Crippen LogP contribution in [-0.2, 0) is 6.54 Å². The molecule has 18 heavy (non-hydrogen) atoms. The Bertz CT molecular complexity index is 556. The summed E-state index contributed by atoms with van der Waals surface area (Å²) in [5.41, 5.74) is 1.32. The van der Waals surface area contributed by atoms with Gasteiger partial charge in [0.15, 0.2) is 0 Å². The van der Waals surface area contributed by atoms with Crippen LogP contribution in [0.4, 0.5) is 5.69 Å². The fourth-order valence-electron chi connectivity index (χ4n) is 1.50. The number of hydrogen-bond donors (Lipinski definition) is 2. The lowest BCUT2D eigenvalue weighted by molar-refractivity contribution is 0.0952. The number of halogens is 1. The summed E-state index contributed by atoms with van der Waals surface area (Å²) in [6.07, 6.45) is 3.24. The maximum absolute atomic E-state index is 12.0. The molecule has 2 heterocycles. The van der Waals surface area contributed by atoms with Gasteiger partial charge in [0.2, 0.25) is 0 Å². The van der Waals surface area contributed by atoms with Crippen LogP contribution in [-0.4, -0.2) is 17.9 Å². The molecule has 0 spiro atoms. The summed E-state index contributed by atoms with van der Waals surface area (Å²) in [5.74, 6) is -0.109. The number of nitrogens with one attached hydrogen (secondary N) is 2. The van der Waals surface area contributed by atoms with Gasteiger partial charge in [0, 0.05) is 22.6 Å². The molecule has 0 aromatic carbocycles. The first-order valence-corrected chi connectivity index (χ1v) is 7.01. The van der Waals surface area contributed by atoms with Crippen molar-refractivity contribution in [2.45, 2.75) is 6.54 Å². The second-order valence-corrected chi connectivity index (χ2v) is 5.40. The zero-order valence-electron chi connectivity index (χ0n) is 9.74. The number of carbonyl (C=O) groups excluding carboxylic acids is 1. The number of nitrogens with zero attached hydrogens (tertiary/aromatic N) is 1. The predicted octanol–water partition coefficient (Wildman–Crippen LogP) is 2.88. The lowest BCUT2D eigenvalue weighted by Gasteiger charge is -2.08. The zero-order valence-corrected chi connectivity index (χ0v) is 12.1. The lowest BCUT2D eigenvalue weighted by atomic mass is 10.2. The minimum absolute atomic E-state index is 0.109. The molecule has 2 N–H and O–H groups in total. The highest BCUT2D eigenvalue weighted by atomic mass is 79.9. The third-order valence-electron chi connectivity index (χ3n) is 2.44. The molecular weight excluding hydrogens is 314 g/mol. The average Bonchev–Trinajstić information content (AvgIpc) is 2.81. The van der Waals surface area contributed by atoms with E-state index >= 15 is 0 Å². The van der Waals surface area contributed by atoms with Crippen molar-refractivity contribution in [3.8, 4) is 0 Å². The topological polar surface area (TPSA) is 54.0 Å². The minimum atomic E-state index is -0.109. The molecule has 6 heteroatoms. The SMILES string of the molecule is CNc1cnccc1C(=O)NCc1sccc1Br. The molecular formula is C12H12BrN3OS. The van der Waals surface area contributed by atoms with Gasteiger partial charge in [0.1, 0.15) is 0 Å². The van der Waals surface area contributed by atoms with Crippen molar-refractivity contribution in [2.24, 2.45) is 0 Å². The molecule has 0 atom stereocenters. The van der Waals surface area contributed by atoms with Crippen molar-refractivity contribution in [1.82, 2.24) is 10.3 Å². The Morgan fingerprint density at radius 2 is 2.33 bits per heavy atom. The van der Waals surface area contributed by atoms with Gasteiger partial charge in [-0.05, 0) is 33.4 Å². The quantitative estimate of drug-likeness (QED) is 0.908. The molecule has 0 aliphatic heterocycles. The molecule has 0 unspecified atom stereocenters. The number of anilines is 1. The maximum atomic E-state index is 12.0. The van der Waals surface area contributed by atoms with Crippen LogP contribution in [0.2, 0.25) is 0 Å². The van der Waals surface area contributed by atoms with E-state index in [4.69, 9.17) is 0 Å². The molecule has 0 aliphatic carbocycles. The summed E-state index contributed by atoms with van der Waals surface area (Å²) in [6.45, 7) is 0.516. The molecule has 0 saturated heterocycles. The van der Waals surface area contributed by atoms with E-state index in [2.05, 4.69) is 31.5 Å². The Balaban J connectivity index is 2.06. The Morgan fingerprint density at radius 3 is 3.00 bits per heavy atom. The van der Waals surface area contributed by atoms with Gasteiger partial charge in [-0.2, -0.15) is 0 Å². The number of hydrogen-bond acceptors (Lipinski definition) is 4. The van der Waals surface area contributed by atoms with Crippen molar-refractivity contribution in [1.29, 1.82) is 0 Å². The fourth-order valence-corrected chi connectivity index (χ4v) is 2.93. The number of pyridine rings is 1. The number of rotatable bonds is 4. The predicted molar refractivity (Wildman–Crippen MR) is 77.0 cm³/mol. The van der Waals surface area contributed by atoms with E-state index in [1.807, 2.05) is 11.4 Å². The van der Waals surface area contributed by atoms with Gasteiger partial charge in [0.25, 0.3) is 5.91 Å². The summed E-state index contributed by atoms with van der Waals surface area (Å²) >= 11 is 5.04. The normalized spacial score (nSPS) is 10.1. The number of amides is 1. The first kappa shape index (κ1) is 13.0. The van der Waals surface area contributed by atoms with Crippen molar-refractivity contribution in [3.63, 3.8) is 0 Å². The Morgan fingerprint density at radius 1 is 1.50 bits per heavy atom. The number of carbonyl (C=O) groups is 1. The number of aromatic nitrogens is 1. The van der Waals surface area contributed by atoms with Crippen molar-refractivity contribution in [3.05, 3.63) is 44.8 Å². The molecule has 94 valence electrons. The lowest BCUT2D eigenvalue weighted by Crippen LogP contribution is -2.23. The Kier molecular flexibility index (Phi) is 4.33. The van der Waals surface area contributed by atoms with Gasteiger partial charge >= 0.3 is 0 Å². The van der Waals surface area contributed by atoms with Crippen LogP contribution >= 0.6 is 27.3 Å². The van der Waals surface area contributed by atoms with E-state index in [9.17, 15) is 4.79 Å². The van der Waals surface area contributed by atoms with Gasteiger partial charge in [-0.15, -0.1) is 11.3 Å². The van der Waals surface area contributed by atoms with Crippen LogP contribution in [0.5, 0.6) is 0 Å². The van der Waals surface area contributed by atoms with E-state index in [1.165, 1.54) is 0 Å². The van der Waals surface area contributed by atoms with E-state index in [1.54, 1.807) is 36.8 Å². The largest absolute Gasteiger partial charge is 0.386 e. The highest BCUT2D eigenvalue weighted by Crippen LogP contribution is 2.22. The first-order chi connectivity index (χ1) is 8.72. The first-order valence-electron chi connectivity index (χ1n) is 5.34. The highest BCUT2D eigenvalue weighted by Gasteiger charge is 2.11. The van der Waals surface area contributed by atoms with Crippen molar-refractivity contribution >= 4 is 38.9 Å². The summed E-state index contributed by atoms with van der Waals surface area (Å²) in [5, 5.41) is 7.82. The maximum Gasteiger partial charge on any atom is 0.253 e. The molecule has 0 fully saturated rings. The molecule has 0 saturated carbocycles.